The summed E-state index contributed by atoms with van der Waals surface area (Å²) in [6.45, 7) is 1.16. The highest BCUT2D eigenvalue weighted by molar-refractivity contribution is 5.94. The third-order valence-corrected chi connectivity index (χ3v) is 5.18. The summed E-state index contributed by atoms with van der Waals surface area (Å²) in [4.78, 5) is 15.0. The van der Waals surface area contributed by atoms with E-state index in [0.29, 0.717) is 12.2 Å². The van der Waals surface area contributed by atoms with E-state index < -0.39 is 5.91 Å². The van der Waals surface area contributed by atoms with Crippen LogP contribution in [0.15, 0.2) is 64.3 Å². The van der Waals surface area contributed by atoms with Crippen molar-refractivity contribution in [2.75, 3.05) is 17.2 Å². The Bertz CT molecular complexity index is 1280. The summed E-state index contributed by atoms with van der Waals surface area (Å²) >= 11 is 0. The van der Waals surface area contributed by atoms with Gasteiger partial charge in [0.15, 0.2) is 5.69 Å². The van der Waals surface area contributed by atoms with E-state index >= 15 is 0 Å². The predicted molar refractivity (Wildman–Crippen MR) is 116 cm³/mol. The van der Waals surface area contributed by atoms with Crippen LogP contribution in [0.3, 0.4) is 0 Å². The third kappa shape index (κ3) is 3.67. The molecule has 0 unspecified atom stereocenters. The largest absolute Gasteiger partial charge is 0.378 e. The van der Waals surface area contributed by atoms with E-state index in [1.165, 1.54) is 10.2 Å². The van der Waals surface area contributed by atoms with Gasteiger partial charge in [-0.2, -0.15) is 9.78 Å². The number of carbonyl (C=O) groups excluding carboxylic acids is 1. The van der Waals surface area contributed by atoms with Crippen LogP contribution in [0.25, 0.3) is 5.82 Å². The molecule has 3 heterocycles. The summed E-state index contributed by atoms with van der Waals surface area (Å²) in [6.07, 6.45) is 2.46. The molecule has 0 saturated heterocycles. The molecule has 32 heavy (non-hydrogen) atoms. The molecule has 160 valence electrons. The minimum absolute atomic E-state index is 0.0482. The molecule has 11 nitrogen and oxygen atoms in total. The lowest BCUT2D eigenvalue weighted by atomic mass is 10.2. The molecule has 0 spiro atoms. The number of rotatable bonds is 6. The van der Waals surface area contributed by atoms with Gasteiger partial charge in [0.1, 0.15) is 0 Å². The molecule has 0 radical (unpaired) electrons. The van der Waals surface area contributed by atoms with Crippen LogP contribution in [0.2, 0.25) is 0 Å². The number of para-hydroxylation sites is 1. The first-order chi connectivity index (χ1) is 15.7. The van der Waals surface area contributed by atoms with Crippen LogP contribution < -0.4 is 16.1 Å². The van der Waals surface area contributed by atoms with Gasteiger partial charge < -0.3 is 10.6 Å². The zero-order valence-electron chi connectivity index (χ0n) is 16.9. The van der Waals surface area contributed by atoms with Gasteiger partial charge in [0.05, 0.1) is 18.5 Å². The molecule has 2 aromatic carbocycles. The average molecular weight is 429 g/mol. The molecule has 2 aromatic heterocycles. The molecule has 0 saturated carbocycles. The Morgan fingerprint density at radius 2 is 1.97 bits per heavy atom. The predicted octanol–water partition coefficient (Wildman–Crippen LogP) is 1.56. The Kier molecular flexibility index (Phi) is 5.04. The van der Waals surface area contributed by atoms with E-state index in [9.17, 15) is 4.79 Å². The third-order valence-electron chi connectivity index (χ3n) is 5.18. The first-order valence-corrected chi connectivity index (χ1v) is 9.95. The number of nitrogens with zero attached hydrogens (tertiary/aromatic N) is 7. The fourth-order valence-electron chi connectivity index (χ4n) is 3.64. The number of benzene rings is 2. The highest BCUT2D eigenvalue weighted by atomic mass is 16.6. The van der Waals surface area contributed by atoms with Crippen LogP contribution in [-0.2, 0) is 13.0 Å². The van der Waals surface area contributed by atoms with Gasteiger partial charge in [-0.25, -0.2) is 10.1 Å². The summed E-state index contributed by atoms with van der Waals surface area (Å²) in [6, 6.07) is 17.6. The van der Waals surface area contributed by atoms with Crippen LogP contribution in [0, 0.1) is 0 Å². The van der Waals surface area contributed by atoms with Crippen molar-refractivity contribution < 1.29 is 9.42 Å². The van der Waals surface area contributed by atoms with E-state index in [2.05, 4.69) is 42.1 Å². The highest BCUT2D eigenvalue weighted by Gasteiger charge is 2.27. The van der Waals surface area contributed by atoms with Gasteiger partial charge in [0.2, 0.25) is 11.6 Å². The number of fused-ring (bicyclic) bond motifs is 1. The smallest absolute Gasteiger partial charge is 0.293 e. The summed E-state index contributed by atoms with van der Waals surface area (Å²) in [5, 5.41) is 19.6. The number of hydrogen-bond donors (Lipinski definition) is 2. The average Bonchev–Trinajstić information content (AvgIpc) is 3.53. The molecule has 3 N–H and O–H groups in total. The van der Waals surface area contributed by atoms with Crippen molar-refractivity contribution in [3.63, 3.8) is 0 Å². The number of amides is 1. The SMILES string of the molecule is Nc1nonc1-n1nnc(C(=O)N/N=C\c2ccccc2)c1CN1CCc2ccccc21. The minimum Gasteiger partial charge on any atom is -0.378 e. The number of nitrogens with two attached hydrogens (primary N) is 1. The molecule has 0 aliphatic carbocycles. The second-order valence-corrected chi connectivity index (χ2v) is 7.18. The molecule has 4 aromatic rings. The zero-order chi connectivity index (χ0) is 21.9. The highest BCUT2D eigenvalue weighted by Crippen LogP contribution is 2.29. The summed E-state index contributed by atoms with van der Waals surface area (Å²) in [5.74, 6) is -0.278. The van der Waals surface area contributed by atoms with Crippen LogP contribution in [-0.4, -0.2) is 44.0 Å². The maximum Gasteiger partial charge on any atom is 0.293 e. The van der Waals surface area contributed by atoms with Gasteiger partial charge in [-0.1, -0.05) is 53.7 Å². The summed E-state index contributed by atoms with van der Waals surface area (Å²) < 4.78 is 6.09. The number of hydrazone groups is 1. The Morgan fingerprint density at radius 1 is 1.16 bits per heavy atom. The molecule has 11 heteroatoms. The molecular weight excluding hydrogens is 410 g/mol. The number of anilines is 2. The Balaban J connectivity index is 1.45. The van der Waals surface area contributed by atoms with Crippen LogP contribution >= 0.6 is 0 Å². The number of aromatic nitrogens is 5. The lowest BCUT2D eigenvalue weighted by molar-refractivity contribution is 0.0949. The maximum absolute atomic E-state index is 12.9. The van der Waals surface area contributed by atoms with Crippen LogP contribution in [0.4, 0.5) is 11.5 Å². The molecule has 5 rings (SSSR count). The normalized spacial score (nSPS) is 12.9. The van der Waals surface area contributed by atoms with Gasteiger partial charge >= 0.3 is 0 Å². The molecule has 0 fully saturated rings. The second kappa shape index (κ2) is 8.30. The molecule has 1 amide bonds. The first kappa shape index (κ1) is 19.4. The quantitative estimate of drug-likeness (QED) is 0.348. The fourth-order valence-corrected chi connectivity index (χ4v) is 3.64. The standard InChI is InChI=1S/C21H19N9O2/c22-19-20(27-32-26-19)30-17(13-29-11-10-15-8-4-5-9-16(15)29)18(24-28-30)21(31)25-23-12-14-6-2-1-3-7-14/h1-9,12H,10-11,13H2,(H2,22,26)(H,25,31)/b23-12-. The van der Waals surface area contributed by atoms with Crippen molar-refractivity contribution in [3.8, 4) is 5.82 Å². The summed E-state index contributed by atoms with van der Waals surface area (Å²) in [5.41, 5.74) is 12.2. The van der Waals surface area contributed by atoms with E-state index in [1.807, 2.05) is 48.5 Å². The maximum atomic E-state index is 12.9. The Morgan fingerprint density at radius 3 is 2.78 bits per heavy atom. The number of carbonyl (C=O) groups is 1. The number of nitrogens with one attached hydrogen (secondary N) is 1. The number of nitrogen functional groups attached to an aromatic ring is 1. The van der Waals surface area contributed by atoms with Crippen molar-refractivity contribution in [1.29, 1.82) is 0 Å². The van der Waals surface area contributed by atoms with Crippen LogP contribution in [0.5, 0.6) is 0 Å². The zero-order valence-corrected chi connectivity index (χ0v) is 16.9. The van der Waals surface area contributed by atoms with Crippen molar-refractivity contribution in [2.45, 2.75) is 13.0 Å². The molecule has 0 atom stereocenters. The van der Waals surface area contributed by atoms with Crippen molar-refractivity contribution in [3.05, 3.63) is 77.1 Å². The van der Waals surface area contributed by atoms with E-state index in [1.54, 1.807) is 6.21 Å². The van der Waals surface area contributed by atoms with E-state index in [4.69, 9.17) is 10.4 Å². The first-order valence-electron chi connectivity index (χ1n) is 9.95. The van der Waals surface area contributed by atoms with Crippen molar-refractivity contribution in [2.24, 2.45) is 5.10 Å². The lowest BCUT2D eigenvalue weighted by Gasteiger charge is -2.19. The van der Waals surface area contributed by atoms with Gasteiger partial charge in [-0.05, 0) is 33.9 Å². The molecule has 1 aliphatic rings. The van der Waals surface area contributed by atoms with Crippen molar-refractivity contribution >= 4 is 23.6 Å². The van der Waals surface area contributed by atoms with Gasteiger partial charge in [-0.15, -0.1) is 5.10 Å². The fraction of sp³-hybridized carbons (Fsp3) is 0.143. The van der Waals surface area contributed by atoms with Gasteiger partial charge in [0.25, 0.3) is 5.91 Å². The minimum atomic E-state index is -0.499. The molecule has 0 bridgehead atoms. The van der Waals surface area contributed by atoms with Crippen LogP contribution in [0.1, 0.15) is 27.3 Å². The van der Waals surface area contributed by atoms with Crippen molar-refractivity contribution in [1.82, 2.24) is 30.7 Å². The Hall–Kier alpha value is -4.54. The van der Waals surface area contributed by atoms with E-state index in [0.717, 1.165) is 24.2 Å². The molecular formula is C21H19N9O2. The van der Waals surface area contributed by atoms with Gasteiger partial charge in [0, 0.05) is 12.2 Å². The Labute approximate surface area is 182 Å². The number of hydrogen-bond acceptors (Lipinski definition) is 9. The summed E-state index contributed by atoms with van der Waals surface area (Å²) in [7, 11) is 0. The second-order valence-electron chi connectivity index (χ2n) is 7.18. The van der Waals surface area contributed by atoms with E-state index in [-0.39, 0.29) is 17.3 Å². The monoisotopic (exact) mass is 429 g/mol. The van der Waals surface area contributed by atoms with Gasteiger partial charge in [-0.3, -0.25) is 4.79 Å². The molecule has 1 aliphatic heterocycles. The lowest BCUT2D eigenvalue weighted by Crippen LogP contribution is -2.26. The topological polar surface area (TPSA) is 140 Å².